The fraction of sp³-hybridized carbons (Fsp3) is 0.371. The van der Waals surface area contributed by atoms with Gasteiger partial charge in [0.05, 0.1) is 38.1 Å². The summed E-state index contributed by atoms with van der Waals surface area (Å²) in [6.45, 7) is 11.9. The number of carboxylic acid groups (broad SMARTS) is 1. The molecule has 1 atom stereocenters. The van der Waals surface area contributed by atoms with Crippen molar-refractivity contribution >= 4 is 31.6 Å². The number of amides is 2. The summed E-state index contributed by atoms with van der Waals surface area (Å²) in [6.07, 6.45) is 1.33. The van der Waals surface area contributed by atoms with Crippen LogP contribution in [-0.4, -0.2) is 63.7 Å². The van der Waals surface area contributed by atoms with Gasteiger partial charge in [0.1, 0.15) is 12.4 Å². The Kier molecular flexibility index (Phi) is 10.6. The summed E-state index contributed by atoms with van der Waals surface area (Å²) in [5, 5.41) is 12.1. The maximum Gasteiger partial charge on any atom is 0.409 e. The van der Waals surface area contributed by atoms with Crippen molar-refractivity contribution in [3.8, 4) is 17.2 Å². The van der Waals surface area contributed by atoms with E-state index in [2.05, 4.69) is 39.2 Å². The molecule has 240 valence electrons. The van der Waals surface area contributed by atoms with Gasteiger partial charge in [-0.2, -0.15) is 0 Å². The lowest BCUT2D eigenvalue weighted by Gasteiger charge is -2.41. The molecule has 0 spiro atoms. The monoisotopic (exact) mass is 632 g/mol. The van der Waals surface area contributed by atoms with E-state index < -0.39 is 14.4 Å². The number of hydrogen-bond acceptors (Lipinski definition) is 6. The molecule has 45 heavy (non-hydrogen) atoms. The summed E-state index contributed by atoms with van der Waals surface area (Å²) in [6, 6.07) is 20.2. The van der Waals surface area contributed by atoms with Crippen LogP contribution in [-0.2, 0) is 11.0 Å². The van der Waals surface area contributed by atoms with Crippen molar-refractivity contribution in [3.63, 3.8) is 0 Å². The molecule has 1 aliphatic heterocycles. The Bertz CT molecular complexity index is 1520. The average molecular weight is 633 g/mol. The second-order valence-corrected chi connectivity index (χ2v) is 17.4. The van der Waals surface area contributed by atoms with E-state index in [4.69, 9.17) is 18.6 Å². The summed E-state index contributed by atoms with van der Waals surface area (Å²) in [4.78, 5) is 27.9. The van der Waals surface area contributed by atoms with Crippen LogP contribution in [0.1, 0.15) is 48.7 Å². The van der Waals surface area contributed by atoms with Gasteiger partial charge in [0, 0.05) is 12.6 Å². The molecule has 1 aliphatic rings. The first-order valence-corrected chi connectivity index (χ1v) is 17.9. The molecule has 2 amide bonds. The molecule has 2 N–H and O–H groups in total. The SMILES string of the molecule is COc1ccc(C2=CCN(C(=O)c3cc(OC)c(OCc4ccccc4)cc3NC(=O)O)[C@H](CO[Si](C)(C)C(C)(C)C)C2)cc1. The van der Waals surface area contributed by atoms with Crippen LogP contribution >= 0.6 is 0 Å². The van der Waals surface area contributed by atoms with Crippen molar-refractivity contribution in [2.45, 2.75) is 58.0 Å². The van der Waals surface area contributed by atoms with Crippen LogP contribution in [0.3, 0.4) is 0 Å². The fourth-order valence-corrected chi connectivity index (χ4v) is 5.92. The fourth-order valence-electron chi connectivity index (χ4n) is 4.88. The van der Waals surface area contributed by atoms with Gasteiger partial charge in [-0.05, 0) is 59.5 Å². The molecule has 1 heterocycles. The predicted octanol–water partition coefficient (Wildman–Crippen LogP) is 7.69. The minimum Gasteiger partial charge on any atom is -0.497 e. The van der Waals surface area contributed by atoms with Crippen LogP contribution in [0.4, 0.5) is 10.5 Å². The molecule has 0 radical (unpaired) electrons. The molecule has 0 bridgehead atoms. The maximum absolute atomic E-state index is 14.3. The molecule has 4 rings (SSSR count). The topological polar surface area (TPSA) is 107 Å². The van der Waals surface area contributed by atoms with Gasteiger partial charge in [-0.3, -0.25) is 10.1 Å². The smallest absolute Gasteiger partial charge is 0.409 e. The van der Waals surface area contributed by atoms with E-state index in [9.17, 15) is 14.7 Å². The summed E-state index contributed by atoms with van der Waals surface area (Å²) in [5.41, 5.74) is 3.38. The Balaban J connectivity index is 1.69. The van der Waals surface area contributed by atoms with Crippen LogP contribution < -0.4 is 19.5 Å². The number of carbonyl (C=O) groups excluding carboxylic acids is 1. The Hall–Kier alpha value is -4.28. The first kappa shape index (κ1) is 33.6. The predicted molar refractivity (Wildman–Crippen MR) is 179 cm³/mol. The molecule has 0 aromatic heterocycles. The van der Waals surface area contributed by atoms with E-state index in [1.807, 2.05) is 60.7 Å². The quantitative estimate of drug-likeness (QED) is 0.209. The third kappa shape index (κ3) is 8.26. The van der Waals surface area contributed by atoms with E-state index >= 15 is 0 Å². The normalized spacial score (nSPS) is 15.2. The molecule has 0 unspecified atom stereocenters. The van der Waals surface area contributed by atoms with E-state index in [-0.39, 0.29) is 34.8 Å². The molecule has 3 aromatic rings. The Morgan fingerprint density at radius 2 is 1.67 bits per heavy atom. The molecular formula is C35H44N2O7Si. The minimum atomic E-state index is -2.14. The lowest BCUT2D eigenvalue weighted by molar-refractivity contribution is 0.0627. The average Bonchev–Trinajstić information content (AvgIpc) is 3.02. The first-order chi connectivity index (χ1) is 21.3. The summed E-state index contributed by atoms with van der Waals surface area (Å²) >= 11 is 0. The zero-order valence-electron chi connectivity index (χ0n) is 27.2. The van der Waals surface area contributed by atoms with Crippen LogP contribution in [0, 0.1) is 0 Å². The lowest BCUT2D eigenvalue weighted by atomic mass is 9.93. The number of carbonyl (C=O) groups is 2. The van der Waals surface area contributed by atoms with E-state index in [0.29, 0.717) is 31.1 Å². The molecule has 0 fully saturated rings. The van der Waals surface area contributed by atoms with Crippen LogP contribution in [0.5, 0.6) is 17.2 Å². The Morgan fingerprint density at radius 1 is 0.978 bits per heavy atom. The van der Waals surface area contributed by atoms with E-state index in [1.165, 1.54) is 13.2 Å². The number of nitrogens with one attached hydrogen (secondary N) is 1. The first-order valence-electron chi connectivity index (χ1n) is 15.0. The molecule has 0 aliphatic carbocycles. The van der Waals surface area contributed by atoms with Gasteiger partial charge >= 0.3 is 6.09 Å². The second kappa shape index (κ2) is 14.2. The van der Waals surface area contributed by atoms with Gasteiger partial charge in [0.15, 0.2) is 19.8 Å². The zero-order valence-corrected chi connectivity index (χ0v) is 28.2. The number of nitrogens with zero attached hydrogens (tertiary/aromatic N) is 1. The third-order valence-electron chi connectivity index (χ3n) is 8.61. The highest BCUT2D eigenvalue weighted by molar-refractivity contribution is 6.74. The van der Waals surface area contributed by atoms with Crippen LogP contribution in [0.15, 0.2) is 72.8 Å². The van der Waals surface area contributed by atoms with Crippen molar-refractivity contribution in [2.24, 2.45) is 0 Å². The highest BCUT2D eigenvalue weighted by Gasteiger charge is 2.39. The third-order valence-corrected chi connectivity index (χ3v) is 13.1. The van der Waals surface area contributed by atoms with Gasteiger partial charge in [0.25, 0.3) is 5.91 Å². The van der Waals surface area contributed by atoms with Crippen molar-refractivity contribution in [1.29, 1.82) is 0 Å². The van der Waals surface area contributed by atoms with Crippen molar-refractivity contribution < 1.29 is 33.3 Å². The number of anilines is 1. The number of ether oxygens (including phenoxy) is 3. The molecule has 3 aromatic carbocycles. The molecular weight excluding hydrogens is 588 g/mol. The zero-order chi connectivity index (χ0) is 32.8. The summed E-state index contributed by atoms with van der Waals surface area (Å²) < 4.78 is 23.6. The van der Waals surface area contributed by atoms with Crippen LogP contribution in [0.25, 0.3) is 5.57 Å². The molecule has 10 heteroatoms. The maximum atomic E-state index is 14.3. The second-order valence-electron chi connectivity index (χ2n) is 12.6. The van der Waals surface area contributed by atoms with Crippen molar-refractivity contribution in [3.05, 3.63) is 89.5 Å². The number of hydrogen-bond donors (Lipinski definition) is 2. The van der Waals surface area contributed by atoms with Gasteiger partial charge < -0.3 is 28.6 Å². The standard InChI is InChI=1S/C35H44N2O7Si/c1-35(2,3)45(6,7)44-23-27-19-26(25-13-15-28(41-4)16-14-25)17-18-37(27)33(38)29-20-31(42-5)32(21-30(29)36-34(39)40)43-22-24-11-9-8-10-12-24/h8-17,20-21,27,36H,18-19,22-23H2,1-7H3,(H,39,40)/t27-/m0/s1. The van der Waals surface area contributed by atoms with Gasteiger partial charge in [0.2, 0.25) is 0 Å². The van der Waals surface area contributed by atoms with E-state index in [0.717, 1.165) is 22.4 Å². The number of rotatable bonds is 11. The summed E-state index contributed by atoms with van der Waals surface area (Å²) in [5.74, 6) is 1.08. The number of methoxy groups -OCH3 is 2. The van der Waals surface area contributed by atoms with Gasteiger partial charge in [-0.1, -0.05) is 69.3 Å². The van der Waals surface area contributed by atoms with Crippen molar-refractivity contribution in [2.75, 3.05) is 32.7 Å². The van der Waals surface area contributed by atoms with Gasteiger partial charge in [-0.25, -0.2) is 4.79 Å². The number of benzene rings is 3. The highest BCUT2D eigenvalue weighted by Crippen LogP contribution is 2.39. The largest absolute Gasteiger partial charge is 0.497 e. The lowest BCUT2D eigenvalue weighted by Crippen LogP contribution is -2.49. The van der Waals surface area contributed by atoms with Crippen LogP contribution in [0.2, 0.25) is 18.1 Å². The van der Waals surface area contributed by atoms with Crippen molar-refractivity contribution in [1.82, 2.24) is 4.90 Å². The van der Waals surface area contributed by atoms with Gasteiger partial charge in [-0.15, -0.1) is 0 Å². The van der Waals surface area contributed by atoms with E-state index in [1.54, 1.807) is 18.1 Å². The Morgan fingerprint density at radius 3 is 2.27 bits per heavy atom. The molecule has 0 saturated heterocycles. The minimum absolute atomic E-state index is 0.00726. The highest BCUT2D eigenvalue weighted by atomic mass is 28.4. The summed E-state index contributed by atoms with van der Waals surface area (Å²) in [7, 11) is 0.987. The molecule has 0 saturated carbocycles. The Labute approximate surface area is 266 Å². The molecule has 9 nitrogen and oxygen atoms in total.